The summed E-state index contributed by atoms with van der Waals surface area (Å²) in [4.78, 5) is 12.2. The van der Waals surface area contributed by atoms with Crippen LogP contribution in [0.2, 0.25) is 0 Å². The maximum absolute atomic E-state index is 12.7. The lowest BCUT2D eigenvalue weighted by Crippen LogP contribution is -2.46. The van der Waals surface area contributed by atoms with E-state index in [0.717, 1.165) is 12.8 Å². The molecule has 1 amide bonds. The SMILES string of the molecule is CC1COCCN1S(=O)(=O)c1cccc(C(=O)NC2CC2)c1. The number of nitrogens with zero attached hydrogens (tertiary/aromatic N) is 1. The first-order valence-electron chi connectivity index (χ1n) is 7.49. The maximum Gasteiger partial charge on any atom is 0.251 e. The van der Waals surface area contributed by atoms with Crippen molar-refractivity contribution in [3.05, 3.63) is 29.8 Å². The van der Waals surface area contributed by atoms with E-state index in [-0.39, 0.29) is 22.9 Å². The van der Waals surface area contributed by atoms with Crippen molar-refractivity contribution in [2.24, 2.45) is 0 Å². The standard InChI is InChI=1S/C15H20N2O4S/c1-11-10-21-8-7-17(11)22(19,20)14-4-2-3-12(9-14)15(18)16-13-5-6-13/h2-4,9,11,13H,5-8,10H2,1H3,(H,16,18). The molecule has 1 aliphatic carbocycles. The molecule has 1 N–H and O–H groups in total. The molecule has 7 heteroatoms. The minimum atomic E-state index is -3.61. The smallest absolute Gasteiger partial charge is 0.251 e. The molecule has 0 radical (unpaired) electrons. The van der Waals surface area contributed by atoms with Crippen LogP contribution in [0.15, 0.2) is 29.2 Å². The summed E-state index contributed by atoms with van der Waals surface area (Å²) in [6, 6.07) is 6.27. The number of carbonyl (C=O) groups excluding carboxylic acids is 1. The first-order chi connectivity index (χ1) is 10.5. The molecule has 1 heterocycles. The summed E-state index contributed by atoms with van der Waals surface area (Å²) in [7, 11) is -3.61. The van der Waals surface area contributed by atoms with Gasteiger partial charge in [-0.05, 0) is 38.0 Å². The van der Waals surface area contributed by atoms with Crippen molar-refractivity contribution >= 4 is 15.9 Å². The highest BCUT2D eigenvalue weighted by Crippen LogP contribution is 2.23. The summed E-state index contributed by atoms with van der Waals surface area (Å²) in [6.45, 7) is 2.94. The molecule has 22 heavy (non-hydrogen) atoms. The Labute approximate surface area is 130 Å². The van der Waals surface area contributed by atoms with Gasteiger partial charge in [0.2, 0.25) is 10.0 Å². The van der Waals surface area contributed by atoms with Gasteiger partial charge in [-0.1, -0.05) is 6.07 Å². The van der Waals surface area contributed by atoms with E-state index in [2.05, 4.69) is 5.32 Å². The lowest BCUT2D eigenvalue weighted by atomic mass is 10.2. The molecule has 2 fully saturated rings. The minimum Gasteiger partial charge on any atom is -0.378 e. The summed E-state index contributed by atoms with van der Waals surface area (Å²) in [5.74, 6) is -0.213. The second-order valence-electron chi connectivity index (χ2n) is 5.82. The second-order valence-corrected chi connectivity index (χ2v) is 7.71. The molecule has 0 aromatic heterocycles. The molecule has 1 aliphatic heterocycles. The average molecular weight is 324 g/mol. The van der Waals surface area contributed by atoms with E-state index in [1.54, 1.807) is 12.1 Å². The first-order valence-corrected chi connectivity index (χ1v) is 8.93. The van der Waals surface area contributed by atoms with E-state index in [1.165, 1.54) is 16.4 Å². The van der Waals surface area contributed by atoms with Crippen LogP contribution in [0.25, 0.3) is 0 Å². The van der Waals surface area contributed by atoms with E-state index in [9.17, 15) is 13.2 Å². The fourth-order valence-corrected chi connectivity index (χ4v) is 4.15. The van der Waals surface area contributed by atoms with E-state index in [1.807, 2.05) is 6.92 Å². The number of ether oxygens (including phenoxy) is 1. The van der Waals surface area contributed by atoms with Crippen molar-refractivity contribution in [3.63, 3.8) is 0 Å². The van der Waals surface area contributed by atoms with Crippen molar-refractivity contribution in [3.8, 4) is 0 Å². The van der Waals surface area contributed by atoms with Crippen LogP contribution in [0.1, 0.15) is 30.1 Å². The Morgan fingerprint density at radius 1 is 1.36 bits per heavy atom. The number of hydrogen-bond donors (Lipinski definition) is 1. The molecule has 0 bridgehead atoms. The molecule has 3 rings (SSSR count). The Kier molecular flexibility index (Phi) is 4.20. The zero-order chi connectivity index (χ0) is 15.7. The monoisotopic (exact) mass is 324 g/mol. The fraction of sp³-hybridized carbons (Fsp3) is 0.533. The largest absolute Gasteiger partial charge is 0.378 e. The van der Waals surface area contributed by atoms with E-state index < -0.39 is 10.0 Å². The van der Waals surface area contributed by atoms with Gasteiger partial charge in [-0.25, -0.2) is 8.42 Å². The topological polar surface area (TPSA) is 75.7 Å². The molecule has 1 aromatic carbocycles. The second kappa shape index (κ2) is 5.98. The molecule has 0 spiro atoms. The number of morpholine rings is 1. The summed E-state index contributed by atoms with van der Waals surface area (Å²) < 4.78 is 32.2. The summed E-state index contributed by atoms with van der Waals surface area (Å²) in [5.41, 5.74) is 0.383. The van der Waals surface area contributed by atoms with Gasteiger partial charge < -0.3 is 10.1 Å². The van der Waals surface area contributed by atoms with Crippen molar-refractivity contribution in [2.45, 2.75) is 36.7 Å². The zero-order valence-corrected chi connectivity index (χ0v) is 13.3. The van der Waals surface area contributed by atoms with E-state index >= 15 is 0 Å². The molecule has 1 saturated carbocycles. The van der Waals surface area contributed by atoms with Gasteiger partial charge in [0.25, 0.3) is 5.91 Å². The third kappa shape index (κ3) is 3.16. The van der Waals surface area contributed by atoms with Crippen molar-refractivity contribution in [1.82, 2.24) is 9.62 Å². The van der Waals surface area contributed by atoms with Gasteiger partial charge in [-0.3, -0.25) is 4.79 Å². The summed E-state index contributed by atoms with van der Waals surface area (Å²) >= 11 is 0. The quantitative estimate of drug-likeness (QED) is 0.896. The Morgan fingerprint density at radius 3 is 2.82 bits per heavy atom. The molecule has 1 atom stereocenters. The van der Waals surface area contributed by atoms with Gasteiger partial charge >= 0.3 is 0 Å². The zero-order valence-electron chi connectivity index (χ0n) is 12.5. The van der Waals surface area contributed by atoms with Crippen LogP contribution in [0.3, 0.4) is 0 Å². The first kappa shape index (κ1) is 15.5. The molecule has 1 aromatic rings. The van der Waals surface area contributed by atoms with Crippen LogP contribution < -0.4 is 5.32 Å². The maximum atomic E-state index is 12.7. The van der Waals surface area contributed by atoms with Gasteiger partial charge in [0.1, 0.15) is 0 Å². The Bertz CT molecular complexity index is 670. The molecule has 1 unspecified atom stereocenters. The van der Waals surface area contributed by atoms with Crippen LogP contribution in [-0.2, 0) is 14.8 Å². The minimum absolute atomic E-state index is 0.157. The summed E-state index contributed by atoms with van der Waals surface area (Å²) in [5, 5.41) is 2.87. The number of sulfonamides is 1. The predicted octanol–water partition coefficient (Wildman–Crippen LogP) is 0.988. The number of benzene rings is 1. The normalized spacial score (nSPS) is 23.2. The van der Waals surface area contributed by atoms with Crippen molar-refractivity contribution in [2.75, 3.05) is 19.8 Å². The Morgan fingerprint density at radius 2 is 2.14 bits per heavy atom. The lowest BCUT2D eigenvalue weighted by molar-refractivity contribution is 0.0392. The van der Waals surface area contributed by atoms with Gasteiger partial charge in [0.15, 0.2) is 0 Å². The molecule has 2 aliphatic rings. The van der Waals surface area contributed by atoms with Crippen LogP contribution in [0.4, 0.5) is 0 Å². The number of amides is 1. The predicted molar refractivity (Wildman–Crippen MR) is 81.1 cm³/mol. The fourth-order valence-electron chi connectivity index (χ4n) is 2.50. The number of carbonyl (C=O) groups is 1. The molecule has 6 nitrogen and oxygen atoms in total. The van der Waals surface area contributed by atoms with Gasteiger partial charge in [-0.15, -0.1) is 0 Å². The van der Waals surface area contributed by atoms with Crippen molar-refractivity contribution in [1.29, 1.82) is 0 Å². The van der Waals surface area contributed by atoms with E-state index in [0.29, 0.717) is 25.3 Å². The number of rotatable bonds is 4. The number of hydrogen-bond acceptors (Lipinski definition) is 4. The molecule has 1 saturated heterocycles. The van der Waals surface area contributed by atoms with Gasteiger partial charge in [0, 0.05) is 24.2 Å². The molecule has 120 valence electrons. The van der Waals surface area contributed by atoms with Gasteiger partial charge in [-0.2, -0.15) is 4.31 Å². The highest BCUT2D eigenvalue weighted by molar-refractivity contribution is 7.89. The van der Waals surface area contributed by atoms with Crippen molar-refractivity contribution < 1.29 is 17.9 Å². The molecular formula is C15H20N2O4S. The average Bonchev–Trinajstić information content (AvgIpc) is 3.31. The number of nitrogens with one attached hydrogen (secondary N) is 1. The Hall–Kier alpha value is -1.44. The Balaban J connectivity index is 1.85. The third-order valence-electron chi connectivity index (χ3n) is 3.92. The van der Waals surface area contributed by atoms with Gasteiger partial charge in [0.05, 0.1) is 18.1 Å². The van der Waals surface area contributed by atoms with Crippen LogP contribution in [-0.4, -0.2) is 50.5 Å². The summed E-state index contributed by atoms with van der Waals surface area (Å²) in [6.07, 6.45) is 1.99. The lowest BCUT2D eigenvalue weighted by Gasteiger charge is -2.32. The molecular weight excluding hydrogens is 304 g/mol. The highest BCUT2D eigenvalue weighted by atomic mass is 32.2. The van der Waals surface area contributed by atoms with Crippen LogP contribution in [0, 0.1) is 0 Å². The third-order valence-corrected chi connectivity index (χ3v) is 5.93. The highest BCUT2D eigenvalue weighted by Gasteiger charge is 2.32. The van der Waals surface area contributed by atoms with Crippen LogP contribution >= 0.6 is 0 Å². The van der Waals surface area contributed by atoms with E-state index in [4.69, 9.17) is 4.74 Å². The van der Waals surface area contributed by atoms with Crippen LogP contribution in [0.5, 0.6) is 0 Å².